The van der Waals surface area contributed by atoms with Crippen LogP contribution in [0.15, 0.2) is 36.4 Å². The highest BCUT2D eigenvalue weighted by atomic mass is 35.5. The van der Waals surface area contributed by atoms with Crippen LogP contribution in [0.2, 0.25) is 5.02 Å². The molecule has 0 radical (unpaired) electrons. The van der Waals surface area contributed by atoms with Crippen LogP contribution in [0.3, 0.4) is 0 Å². The first-order valence-electron chi connectivity index (χ1n) is 6.34. The number of ether oxygens (including phenoxy) is 2. The maximum Gasteiger partial charge on any atom is 0.259 e. The molecule has 21 heavy (non-hydrogen) atoms. The molecule has 0 unspecified atom stereocenters. The summed E-state index contributed by atoms with van der Waals surface area (Å²) in [5.74, 6) is 0.770. The van der Waals surface area contributed by atoms with E-state index in [9.17, 15) is 4.79 Å². The lowest BCUT2D eigenvalue weighted by molar-refractivity contribution is 0.102. The number of nitrogens with one attached hydrogen (secondary N) is 1. The van der Waals surface area contributed by atoms with Gasteiger partial charge in [-0.2, -0.15) is 0 Å². The Morgan fingerprint density at radius 2 is 1.86 bits per heavy atom. The number of amides is 1. The van der Waals surface area contributed by atoms with Crippen LogP contribution in [0.5, 0.6) is 11.5 Å². The minimum absolute atomic E-state index is 0.291. The summed E-state index contributed by atoms with van der Waals surface area (Å²) in [7, 11) is 3.06. The maximum atomic E-state index is 12.3. The quantitative estimate of drug-likeness (QED) is 0.931. The Labute approximate surface area is 128 Å². The zero-order valence-corrected chi connectivity index (χ0v) is 12.8. The average molecular weight is 306 g/mol. The van der Waals surface area contributed by atoms with Gasteiger partial charge in [0.25, 0.3) is 5.91 Å². The van der Waals surface area contributed by atoms with E-state index in [2.05, 4.69) is 5.32 Å². The van der Waals surface area contributed by atoms with Crippen LogP contribution in [0.1, 0.15) is 15.9 Å². The number of hydrogen-bond donors (Lipinski definition) is 1. The summed E-state index contributed by atoms with van der Waals surface area (Å²) < 4.78 is 10.3. The molecule has 0 aliphatic heterocycles. The van der Waals surface area contributed by atoms with Crippen molar-refractivity contribution in [1.82, 2.24) is 0 Å². The highest BCUT2D eigenvalue weighted by Crippen LogP contribution is 2.27. The van der Waals surface area contributed by atoms with E-state index in [0.29, 0.717) is 27.8 Å². The molecule has 110 valence electrons. The lowest BCUT2D eigenvalue weighted by Gasteiger charge is -2.12. The van der Waals surface area contributed by atoms with Crippen molar-refractivity contribution in [3.05, 3.63) is 52.5 Å². The van der Waals surface area contributed by atoms with E-state index in [0.717, 1.165) is 5.56 Å². The molecule has 4 nitrogen and oxygen atoms in total. The third kappa shape index (κ3) is 3.47. The van der Waals surface area contributed by atoms with Gasteiger partial charge in [-0.05, 0) is 36.8 Å². The Kier molecular flexibility index (Phi) is 4.70. The van der Waals surface area contributed by atoms with Crippen molar-refractivity contribution in [2.45, 2.75) is 6.92 Å². The second-order valence-corrected chi connectivity index (χ2v) is 4.91. The number of hydrogen-bond acceptors (Lipinski definition) is 3. The highest BCUT2D eigenvalue weighted by Gasteiger charge is 2.14. The van der Waals surface area contributed by atoms with Gasteiger partial charge in [0.2, 0.25) is 0 Å². The number of halogens is 1. The first kappa shape index (κ1) is 15.2. The number of carbonyl (C=O) groups excluding carboxylic acids is 1. The van der Waals surface area contributed by atoms with Crippen molar-refractivity contribution in [1.29, 1.82) is 0 Å². The van der Waals surface area contributed by atoms with Gasteiger partial charge in [-0.3, -0.25) is 4.79 Å². The summed E-state index contributed by atoms with van der Waals surface area (Å²) in [6.07, 6.45) is 0. The minimum atomic E-state index is -0.291. The smallest absolute Gasteiger partial charge is 0.259 e. The largest absolute Gasteiger partial charge is 0.497 e. The summed E-state index contributed by atoms with van der Waals surface area (Å²) >= 11 is 6.12. The zero-order chi connectivity index (χ0) is 15.4. The summed E-state index contributed by atoms with van der Waals surface area (Å²) in [6, 6.07) is 10.5. The van der Waals surface area contributed by atoms with Crippen LogP contribution in [-0.4, -0.2) is 20.1 Å². The van der Waals surface area contributed by atoms with E-state index in [4.69, 9.17) is 21.1 Å². The van der Waals surface area contributed by atoms with Gasteiger partial charge in [0.1, 0.15) is 11.5 Å². The molecule has 0 aromatic heterocycles. The van der Waals surface area contributed by atoms with Gasteiger partial charge in [-0.25, -0.2) is 0 Å². The van der Waals surface area contributed by atoms with Crippen molar-refractivity contribution < 1.29 is 14.3 Å². The molecule has 5 heteroatoms. The maximum absolute atomic E-state index is 12.3. The molecule has 0 aliphatic carbocycles. The monoisotopic (exact) mass is 305 g/mol. The predicted octanol–water partition coefficient (Wildman–Crippen LogP) is 3.92. The van der Waals surface area contributed by atoms with Crippen molar-refractivity contribution in [2.75, 3.05) is 19.5 Å². The lowest BCUT2D eigenvalue weighted by atomic mass is 10.1. The normalized spacial score (nSPS) is 10.1. The van der Waals surface area contributed by atoms with Crippen molar-refractivity contribution in [2.24, 2.45) is 0 Å². The van der Waals surface area contributed by atoms with E-state index in [1.165, 1.54) is 7.11 Å². The second kappa shape index (κ2) is 6.50. The fraction of sp³-hybridized carbons (Fsp3) is 0.188. The number of carbonyl (C=O) groups is 1. The topological polar surface area (TPSA) is 47.6 Å². The summed E-state index contributed by atoms with van der Waals surface area (Å²) in [4.78, 5) is 12.3. The Morgan fingerprint density at radius 1 is 1.10 bits per heavy atom. The Bertz CT molecular complexity index is 671. The summed E-state index contributed by atoms with van der Waals surface area (Å²) in [6.45, 7) is 1.93. The van der Waals surface area contributed by atoms with Crippen LogP contribution >= 0.6 is 11.6 Å². The van der Waals surface area contributed by atoms with Crippen molar-refractivity contribution >= 4 is 23.2 Å². The standard InChI is InChI=1S/C16H16ClNO3/c1-10-4-7-14(13(17)8-10)18-16(19)12-6-5-11(20-2)9-15(12)21-3/h4-9H,1-3H3,(H,18,19). The molecule has 0 fully saturated rings. The third-order valence-electron chi connectivity index (χ3n) is 3.03. The number of benzene rings is 2. The Hall–Kier alpha value is -2.20. The molecular formula is C16H16ClNO3. The van der Waals surface area contributed by atoms with Crippen LogP contribution in [0.25, 0.3) is 0 Å². The van der Waals surface area contributed by atoms with Gasteiger partial charge < -0.3 is 14.8 Å². The van der Waals surface area contributed by atoms with Crippen LogP contribution < -0.4 is 14.8 Å². The van der Waals surface area contributed by atoms with E-state index in [-0.39, 0.29) is 5.91 Å². The van der Waals surface area contributed by atoms with Crippen molar-refractivity contribution in [3.8, 4) is 11.5 Å². The van der Waals surface area contributed by atoms with E-state index < -0.39 is 0 Å². The van der Waals surface area contributed by atoms with Gasteiger partial charge in [-0.1, -0.05) is 17.7 Å². The number of rotatable bonds is 4. The molecule has 1 N–H and O–H groups in total. The molecular weight excluding hydrogens is 290 g/mol. The fourth-order valence-electron chi connectivity index (χ4n) is 1.90. The van der Waals surface area contributed by atoms with Crippen LogP contribution in [-0.2, 0) is 0 Å². The summed E-state index contributed by atoms with van der Waals surface area (Å²) in [5, 5.41) is 3.27. The van der Waals surface area contributed by atoms with Gasteiger partial charge in [0.05, 0.1) is 30.5 Å². The second-order valence-electron chi connectivity index (χ2n) is 4.50. The Balaban J connectivity index is 2.28. The first-order chi connectivity index (χ1) is 10.0. The molecule has 1 amide bonds. The highest BCUT2D eigenvalue weighted by molar-refractivity contribution is 6.34. The van der Waals surface area contributed by atoms with Gasteiger partial charge >= 0.3 is 0 Å². The molecule has 0 heterocycles. The summed E-state index contributed by atoms with van der Waals surface area (Å²) in [5.41, 5.74) is 2.00. The first-order valence-corrected chi connectivity index (χ1v) is 6.72. The van der Waals surface area contributed by atoms with E-state index in [1.807, 2.05) is 13.0 Å². The molecule has 0 bridgehead atoms. The van der Waals surface area contributed by atoms with Gasteiger partial charge in [-0.15, -0.1) is 0 Å². The zero-order valence-electron chi connectivity index (χ0n) is 12.1. The average Bonchev–Trinajstić information content (AvgIpc) is 2.49. The third-order valence-corrected chi connectivity index (χ3v) is 3.34. The fourth-order valence-corrected chi connectivity index (χ4v) is 2.18. The molecule has 2 aromatic carbocycles. The van der Waals surface area contributed by atoms with E-state index >= 15 is 0 Å². The Morgan fingerprint density at radius 3 is 2.48 bits per heavy atom. The SMILES string of the molecule is COc1ccc(C(=O)Nc2ccc(C)cc2Cl)c(OC)c1. The minimum Gasteiger partial charge on any atom is -0.497 e. The number of anilines is 1. The predicted molar refractivity (Wildman–Crippen MR) is 83.7 cm³/mol. The lowest BCUT2D eigenvalue weighted by Crippen LogP contribution is -2.13. The molecule has 2 aromatic rings. The van der Waals surface area contributed by atoms with E-state index in [1.54, 1.807) is 37.4 Å². The molecule has 0 saturated heterocycles. The molecule has 0 atom stereocenters. The molecule has 0 aliphatic rings. The number of methoxy groups -OCH3 is 2. The van der Waals surface area contributed by atoms with Gasteiger partial charge in [0.15, 0.2) is 0 Å². The van der Waals surface area contributed by atoms with Crippen LogP contribution in [0, 0.1) is 6.92 Å². The molecule has 0 spiro atoms. The molecule has 2 rings (SSSR count). The number of aryl methyl sites for hydroxylation is 1. The van der Waals surface area contributed by atoms with Crippen LogP contribution in [0.4, 0.5) is 5.69 Å². The van der Waals surface area contributed by atoms with Gasteiger partial charge in [0, 0.05) is 6.07 Å². The molecule has 0 saturated carbocycles. The van der Waals surface area contributed by atoms with Crippen molar-refractivity contribution in [3.63, 3.8) is 0 Å².